The second-order valence-electron chi connectivity index (χ2n) is 10.9. The van der Waals surface area contributed by atoms with Gasteiger partial charge in [-0.3, -0.25) is 15.1 Å². The van der Waals surface area contributed by atoms with Crippen LogP contribution in [0.15, 0.2) is 73.2 Å². The van der Waals surface area contributed by atoms with Gasteiger partial charge in [0.2, 0.25) is 0 Å². The minimum atomic E-state index is -0.228. The zero-order valence-electron chi connectivity index (χ0n) is 22.0. The molecule has 1 aliphatic rings. The molecule has 6 aromatic rings. The molecule has 1 saturated carbocycles. The molecule has 1 fully saturated rings. The summed E-state index contributed by atoms with van der Waals surface area (Å²) in [5.74, 6) is 0.531. The van der Waals surface area contributed by atoms with E-state index in [0.717, 1.165) is 73.5 Å². The standard InChI is InChI=1S/C33H30FN5/c1-20-10-23(14-25(34)11-20)26-8-5-9-29-27(26)15-31(37-29)33-28-16-30(36-19-32(28)38-39-33)24-13-22(17-35-18-24)12-21-6-3-2-4-7-21/h5,8-11,13-19,21,37H,2-4,6-7,12H2,1H3,(H,38,39). The molecule has 0 unspecified atom stereocenters. The maximum Gasteiger partial charge on any atom is 0.124 e. The number of rotatable bonds is 5. The van der Waals surface area contributed by atoms with Gasteiger partial charge in [0.1, 0.15) is 11.5 Å². The van der Waals surface area contributed by atoms with Gasteiger partial charge in [0.05, 0.1) is 23.1 Å². The number of hydrogen-bond acceptors (Lipinski definition) is 3. The molecule has 5 nitrogen and oxygen atoms in total. The molecule has 0 spiro atoms. The number of hydrogen-bond donors (Lipinski definition) is 2. The van der Waals surface area contributed by atoms with Gasteiger partial charge in [-0.25, -0.2) is 4.39 Å². The van der Waals surface area contributed by atoms with Crippen LogP contribution in [0.4, 0.5) is 4.39 Å². The Morgan fingerprint density at radius 1 is 0.872 bits per heavy atom. The molecule has 0 atom stereocenters. The van der Waals surface area contributed by atoms with Crippen LogP contribution in [-0.4, -0.2) is 25.1 Å². The van der Waals surface area contributed by atoms with Crippen molar-refractivity contribution in [2.24, 2.45) is 5.92 Å². The quantitative estimate of drug-likeness (QED) is 0.242. The van der Waals surface area contributed by atoms with Crippen LogP contribution in [-0.2, 0) is 6.42 Å². The number of nitrogens with one attached hydrogen (secondary N) is 2. The van der Waals surface area contributed by atoms with Crippen molar-refractivity contribution >= 4 is 21.8 Å². The average Bonchev–Trinajstić information content (AvgIpc) is 3.57. The van der Waals surface area contributed by atoms with Crippen LogP contribution in [0.1, 0.15) is 43.2 Å². The fraction of sp³-hybridized carbons (Fsp3) is 0.242. The summed E-state index contributed by atoms with van der Waals surface area (Å²) in [7, 11) is 0. The van der Waals surface area contributed by atoms with E-state index in [9.17, 15) is 4.39 Å². The second-order valence-corrected chi connectivity index (χ2v) is 10.9. The first-order valence-electron chi connectivity index (χ1n) is 13.8. The zero-order chi connectivity index (χ0) is 26.3. The van der Waals surface area contributed by atoms with E-state index in [1.807, 2.05) is 49.8 Å². The highest BCUT2D eigenvalue weighted by molar-refractivity contribution is 6.01. The van der Waals surface area contributed by atoms with Gasteiger partial charge in [0.15, 0.2) is 0 Å². The van der Waals surface area contributed by atoms with E-state index in [0.29, 0.717) is 0 Å². The minimum absolute atomic E-state index is 0.228. The normalized spacial score (nSPS) is 14.4. The Morgan fingerprint density at radius 3 is 2.64 bits per heavy atom. The molecule has 2 aromatic carbocycles. The summed E-state index contributed by atoms with van der Waals surface area (Å²) < 4.78 is 14.2. The lowest BCUT2D eigenvalue weighted by atomic mass is 9.85. The molecule has 4 aromatic heterocycles. The molecule has 7 rings (SSSR count). The van der Waals surface area contributed by atoms with E-state index in [4.69, 9.17) is 4.98 Å². The Hall–Kier alpha value is -4.32. The maximum atomic E-state index is 14.2. The first-order valence-corrected chi connectivity index (χ1v) is 13.8. The van der Waals surface area contributed by atoms with Gasteiger partial charge >= 0.3 is 0 Å². The fourth-order valence-electron chi connectivity index (χ4n) is 6.17. The number of aryl methyl sites for hydroxylation is 1. The van der Waals surface area contributed by atoms with Crippen molar-refractivity contribution in [3.8, 4) is 33.8 Å². The molecule has 6 heteroatoms. The Bertz CT molecular complexity index is 1790. The topological polar surface area (TPSA) is 70.2 Å². The predicted octanol–water partition coefficient (Wildman–Crippen LogP) is 8.41. The molecule has 194 valence electrons. The third-order valence-electron chi connectivity index (χ3n) is 8.06. The van der Waals surface area contributed by atoms with E-state index in [1.54, 1.807) is 12.1 Å². The molecule has 0 amide bonds. The van der Waals surface area contributed by atoms with Crippen LogP contribution in [0.3, 0.4) is 0 Å². The molecule has 39 heavy (non-hydrogen) atoms. The van der Waals surface area contributed by atoms with Crippen LogP contribution >= 0.6 is 0 Å². The van der Waals surface area contributed by atoms with Gasteiger partial charge in [0.25, 0.3) is 0 Å². The summed E-state index contributed by atoms with van der Waals surface area (Å²) in [4.78, 5) is 12.8. The van der Waals surface area contributed by atoms with Crippen molar-refractivity contribution < 1.29 is 4.39 Å². The van der Waals surface area contributed by atoms with E-state index >= 15 is 0 Å². The summed E-state index contributed by atoms with van der Waals surface area (Å²) >= 11 is 0. The second kappa shape index (κ2) is 9.77. The third kappa shape index (κ3) is 4.60. The molecule has 0 saturated heterocycles. The van der Waals surface area contributed by atoms with Gasteiger partial charge in [-0.05, 0) is 77.9 Å². The SMILES string of the molecule is Cc1cc(F)cc(-c2cccc3[nH]c(-c4n[nH]c5cnc(-c6cncc(CC7CCCCC7)c6)cc45)cc23)c1. The summed E-state index contributed by atoms with van der Waals surface area (Å²) in [5.41, 5.74) is 9.53. The number of benzene rings is 2. The molecule has 2 N–H and O–H groups in total. The van der Waals surface area contributed by atoms with Crippen LogP contribution in [0.5, 0.6) is 0 Å². The molecular formula is C33H30FN5. The van der Waals surface area contributed by atoms with E-state index in [2.05, 4.69) is 38.4 Å². The molecule has 0 aliphatic heterocycles. The molecular weight excluding hydrogens is 485 g/mol. The number of fused-ring (bicyclic) bond motifs is 2. The Kier molecular flexibility index (Phi) is 5.95. The molecule has 0 bridgehead atoms. The highest BCUT2D eigenvalue weighted by Crippen LogP contribution is 2.35. The first kappa shape index (κ1) is 23.8. The van der Waals surface area contributed by atoms with Crippen molar-refractivity contribution in [3.05, 3.63) is 90.1 Å². The van der Waals surface area contributed by atoms with E-state index < -0.39 is 0 Å². The highest BCUT2D eigenvalue weighted by Gasteiger charge is 2.17. The monoisotopic (exact) mass is 515 g/mol. The molecule has 4 heterocycles. The lowest BCUT2D eigenvalue weighted by Crippen LogP contribution is -2.09. The van der Waals surface area contributed by atoms with Crippen molar-refractivity contribution in [1.82, 2.24) is 25.1 Å². The predicted molar refractivity (Wildman–Crippen MR) is 155 cm³/mol. The fourth-order valence-corrected chi connectivity index (χ4v) is 6.17. The van der Waals surface area contributed by atoms with Crippen LogP contribution < -0.4 is 0 Å². The van der Waals surface area contributed by atoms with Crippen molar-refractivity contribution in [2.45, 2.75) is 45.4 Å². The first-order chi connectivity index (χ1) is 19.1. The number of aromatic amines is 2. The van der Waals surface area contributed by atoms with E-state index in [1.165, 1.54) is 37.7 Å². The van der Waals surface area contributed by atoms with Gasteiger partial charge in [-0.2, -0.15) is 5.10 Å². The summed E-state index contributed by atoms with van der Waals surface area (Å²) in [6, 6.07) is 17.7. The highest BCUT2D eigenvalue weighted by atomic mass is 19.1. The van der Waals surface area contributed by atoms with Gasteiger partial charge in [-0.1, -0.05) is 50.3 Å². The summed E-state index contributed by atoms with van der Waals surface area (Å²) in [5, 5.41) is 9.81. The van der Waals surface area contributed by atoms with Gasteiger partial charge in [-0.15, -0.1) is 0 Å². The number of halogens is 1. The van der Waals surface area contributed by atoms with Crippen molar-refractivity contribution in [3.63, 3.8) is 0 Å². The molecule has 1 aliphatic carbocycles. The van der Waals surface area contributed by atoms with Crippen molar-refractivity contribution in [1.29, 1.82) is 0 Å². The Labute approximate surface area is 226 Å². The summed E-state index contributed by atoms with van der Waals surface area (Å²) in [6.45, 7) is 1.91. The van der Waals surface area contributed by atoms with Crippen LogP contribution in [0, 0.1) is 18.7 Å². The Morgan fingerprint density at radius 2 is 1.77 bits per heavy atom. The number of nitrogens with zero attached hydrogens (tertiary/aromatic N) is 3. The minimum Gasteiger partial charge on any atom is -0.353 e. The zero-order valence-corrected chi connectivity index (χ0v) is 22.0. The van der Waals surface area contributed by atoms with Crippen molar-refractivity contribution in [2.75, 3.05) is 0 Å². The maximum absolute atomic E-state index is 14.2. The largest absolute Gasteiger partial charge is 0.353 e. The number of aromatic nitrogens is 5. The number of H-pyrrole nitrogens is 2. The third-order valence-corrected chi connectivity index (χ3v) is 8.06. The number of pyridine rings is 2. The van der Waals surface area contributed by atoms with Gasteiger partial charge < -0.3 is 4.98 Å². The Balaban J connectivity index is 1.26. The lowest BCUT2D eigenvalue weighted by molar-refractivity contribution is 0.356. The lowest BCUT2D eigenvalue weighted by Gasteiger charge is -2.21. The summed E-state index contributed by atoms with van der Waals surface area (Å²) in [6.07, 6.45) is 13.5. The van der Waals surface area contributed by atoms with E-state index in [-0.39, 0.29) is 5.82 Å². The van der Waals surface area contributed by atoms with Crippen LogP contribution in [0.25, 0.3) is 55.6 Å². The van der Waals surface area contributed by atoms with Crippen LogP contribution in [0.2, 0.25) is 0 Å². The van der Waals surface area contributed by atoms with Gasteiger partial charge in [0, 0.05) is 34.2 Å². The average molecular weight is 516 g/mol. The molecule has 0 radical (unpaired) electrons. The smallest absolute Gasteiger partial charge is 0.124 e.